The van der Waals surface area contributed by atoms with Gasteiger partial charge in [0.25, 0.3) is 0 Å². The molecule has 3 nitrogen and oxygen atoms in total. The predicted molar refractivity (Wildman–Crippen MR) is 140 cm³/mol. The number of rotatable bonds is 5. The third-order valence-electron chi connectivity index (χ3n) is 12.4. The van der Waals surface area contributed by atoms with E-state index in [1.807, 2.05) is 13.8 Å². The van der Waals surface area contributed by atoms with Gasteiger partial charge in [-0.2, -0.15) is 0 Å². The Balaban J connectivity index is 1.66. The van der Waals surface area contributed by atoms with Gasteiger partial charge >= 0.3 is 0 Å². The first-order chi connectivity index (χ1) is 15.6. The molecule has 4 aliphatic rings. The van der Waals surface area contributed by atoms with Crippen LogP contribution in [0.4, 0.5) is 0 Å². The Hall–Kier alpha value is -0.640. The standard InChI is InChI=1S/C31H52O3/c1-18(2)19(3)26(33)27(34)20(4)21-12-16-31(9)23-10-11-24-28(5,6)25(32)14-15-29(24,7)22(23)13-17-30(21,31)8/h18,20-21,24-27,32-34H,3,10-17H2,1-2,4-9H3. The van der Waals surface area contributed by atoms with E-state index >= 15 is 0 Å². The van der Waals surface area contributed by atoms with Crippen molar-refractivity contribution in [2.45, 2.75) is 125 Å². The Labute approximate surface area is 209 Å². The summed E-state index contributed by atoms with van der Waals surface area (Å²) >= 11 is 0. The van der Waals surface area contributed by atoms with Crippen LogP contribution in [0, 0.1) is 45.3 Å². The average molecular weight is 473 g/mol. The fourth-order valence-electron chi connectivity index (χ4n) is 9.65. The maximum Gasteiger partial charge on any atom is 0.101 e. The third kappa shape index (κ3) is 3.46. The molecule has 2 saturated carbocycles. The lowest BCUT2D eigenvalue weighted by molar-refractivity contribution is -0.0981. The van der Waals surface area contributed by atoms with E-state index in [-0.39, 0.29) is 39.6 Å². The van der Waals surface area contributed by atoms with E-state index < -0.39 is 12.2 Å². The van der Waals surface area contributed by atoms with Crippen molar-refractivity contribution >= 4 is 0 Å². The van der Waals surface area contributed by atoms with Crippen molar-refractivity contribution in [3.63, 3.8) is 0 Å². The van der Waals surface area contributed by atoms with Gasteiger partial charge in [-0.15, -0.1) is 0 Å². The van der Waals surface area contributed by atoms with E-state index in [0.717, 1.165) is 44.1 Å². The minimum absolute atomic E-state index is 0.0288. The second-order valence-corrected chi connectivity index (χ2v) is 14.3. The highest BCUT2D eigenvalue weighted by atomic mass is 16.3. The van der Waals surface area contributed by atoms with Gasteiger partial charge in [-0.1, -0.05) is 73.1 Å². The summed E-state index contributed by atoms with van der Waals surface area (Å²) in [6.45, 7) is 22.4. The normalized spacial score (nSPS) is 44.2. The molecule has 0 heterocycles. The quantitative estimate of drug-likeness (QED) is 0.392. The zero-order chi connectivity index (χ0) is 25.4. The van der Waals surface area contributed by atoms with Crippen molar-refractivity contribution in [3.05, 3.63) is 23.3 Å². The van der Waals surface area contributed by atoms with Crippen LogP contribution in [0.25, 0.3) is 0 Å². The molecular formula is C31H52O3. The molecule has 0 aliphatic heterocycles. The van der Waals surface area contributed by atoms with Gasteiger partial charge in [-0.05, 0) is 102 Å². The second kappa shape index (κ2) is 8.45. The van der Waals surface area contributed by atoms with Crippen LogP contribution in [0.5, 0.6) is 0 Å². The molecule has 4 rings (SSSR count). The van der Waals surface area contributed by atoms with Crippen molar-refractivity contribution in [2.75, 3.05) is 0 Å². The van der Waals surface area contributed by atoms with E-state index in [2.05, 4.69) is 48.1 Å². The predicted octanol–water partition coefficient (Wildman–Crippen LogP) is 6.67. The molecule has 0 bridgehead atoms. The van der Waals surface area contributed by atoms with Crippen LogP contribution in [0.1, 0.15) is 107 Å². The van der Waals surface area contributed by atoms with Crippen molar-refractivity contribution < 1.29 is 15.3 Å². The molecule has 0 saturated heterocycles. The highest BCUT2D eigenvalue weighted by Gasteiger charge is 2.63. The van der Waals surface area contributed by atoms with Crippen molar-refractivity contribution in [1.29, 1.82) is 0 Å². The van der Waals surface area contributed by atoms with Crippen LogP contribution in [0.3, 0.4) is 0 Å². The Bertz CT molecular complexity index is 855. The summed E-state index contributed by atoms with van der Waals surface area (Å²) in [5.74, 6) is 1.14. The first-order valence-electron chi connectivity index (χ1n) is 14.1. The molecule has 3 N–H and O–H groups in total. The van der Waals surface area contributed by atoms with Crippen LogP contribution in [0.2, 0.25) is 0 Å². The van der Waals surface area contributed by atoms with Crippen LogP contribution in [-0.2, 0) is 0 Å². The Kier molecular flexibility index (Phi) is 6.57. The average Bonchev–Trinajstić information content (AvgIpc) is 3.06. The molecule has 3 heteroatoms. The lowest BCUT2D eigenvalue weighted by Crippen LogP contribution is -2.55. The van der Waals surface area contributed by atoms with E-state index in [9.17, 15) is 15.3 Å². The van der Waals surface area contributed by atoms with E-state index in [1.165, 1.54) is 12.8 Å². The first-order valence-corrected chi connectivity index (χ1v) is 14.1. The fraction of sp³-hybridized carbons (Fsp3) is 0.871. The van der Waals surface area contributed by atoms with E-state index in [0.29, 0.717) is 11.8 Å². The topological polar surface area (TPSA) is 60.7 Å². The van der Waals surface area contributed by atoms with Gasteiger partial charge in [0.1, 0.15) is 6.10 Å². The minimum atomic E-state index is -0.853. The molecule has 194 valence electrons. The first kappa shape index (κ1) is 26.4. The van der Waals surface area contributed by atoms with Gasteiger partial charge < -0.3 is 15.3 Å². The number of fused-ring (bicyclic) bond motifs is 4. The monoisotopic (exact) mass is 472 g/mol. The zero-order valence-electron chi connectivity index (χ0n) is 23.2. The Morgan fingerprint density at radius 3 is 2.15 bits per heavy atom. The summed E-state index contributed by atoms with van der Waals surface area (Å²) in [4.78, 5) is 0. The highest BCUT2D eigenvalue weighted by Crippen LogP contribution is 2.72. The largest absolute Gasteiger partial charge is 0.393 e. The van der Waals surface area contributed by atoms with Crippen molar-refractivity contribution in [2.24, 2.45) is 45.3 Å². The summed E-state index contributed by atoms with van der Waals surface area (Å²) in [6, 6.07) is 0. The van der Waals surface area contributed by atoms with Crippen LogP contribution < -0.4 is 0 Å². The lowest BCUT2D eigenvalue weighted by Gasteiger charge is -2.62. The number of aliphatic hydroxyl groups excluding tert-OH is 3. The SMILES string of the molecule is C=C(C(C)C)C(O)C(O)C(C)C1CCC2(C)C3=C(CCC12C)C1(C)CCC(O)C(C)(C)C1CC3. The molecule has 0 amide bonds. The summed E-state index contributed by atoms with van der Waals surface area (Å²) in [7, 11) is 0. The van der Waals surface area contributed by atoms with Crippen LogP contribution >= 0.6 is 0 Å². The molecule has 0 aromatic rings. The number of hydrogen-bond donors (Lipinski definition) is 3. The summed E-state index contributed by atoms with van der Waals surface area (Å²) in [5, 5.41) is 32.9. The van der Waals surface area contributed by atoms with Crippen molar-refractivity contribution in [3.8, 4) is 0 Å². The molecule has 0 aromatic heterocycles. The van der Waals surface area contributed by atoms with Gasteiger partial charge in [0.15, 0.2) is 0 Å². The van der Waals surface area contributed by atoms with E-state index in [4.69, 9.17) is 0 Å². The smallest absolute Gasteiger partial charge is 0.101 e. The highest BCUT2D eigenvalue weighted by molar-refractivity contribution is 5.39. The number of aliphatic hydroxyl groups is 3. The molecular weight excluding hydrogens is 420 g/mol. The van der Waals surface area contributed by atoms with Gasteiger partial charge in [0, 0.05) is 0 Å². The Morgan fingerprint density at radius 2 is 1.53 bits per heavy atom. The maximum absolute atomic E-state index is 11.2. The van der Waals surface area contributed by atoms with Gasteiger partial charge in [0.05, 0.1) is 12.2 Å². The second-order valence-electron chi connectivity index (χ2n) is 14.3. The molecule has 0 radical (unpaired) electrons. The molecule has 9 atom stereocenters. The zero-order valence-corrected chi connectivity index (χ0v) is 23.2. The van der Waals surface area contributed by atoms with E-state index in [1.54, 1.807) is 11.1 Å². The van der Waals surface area contributed by atoms with Gasteiger partial charge in [-0.25, -0.2) is 0 Å². The molecule has 0 aromatic carbocycles. The fourth-order valence-corrected chi connectivity index (χ4v) is 9.65. The maximum atomic E-state index is 11.2. The molecule has 2 fully saturated rings. The van der Waals surface area contributed by atoms with Gasteiger partial charge in [0.2, 0.25) is 0 Å². The molecule has 0 spiro atoms. The van der Waals surface area contributed by atoms with Crippen LogP contribution in [-0.4, -0.2) is 33.6 Å². The summed E-state index contributed by atoms with van der Waals surface area (Å²) in [5.41, 5.74) is 4.67. The number of allylic oxidation sites excluding steroid dienone is 2. The Morgan fingerprint density at radius 1 is 0.882 bits per heavy atom. The minimum Gasteiger partial charge on any atom is -0.393 e. The van der Waals surface area contributed by atoms with Gasteiger partial charge in [-0.3, -0.25) is 0 Å². The molecule has 9 unspecified atom stereocenters. The molecule has 4 aliphatic carbocycles. The summed E-state index contributed by atoms with van der Waals surface area (Å²) in [6.07, 6.45) is 7.17. The van der Waals surface area contributed by atoms with Crippen molar-refractivity contribution in [1.82, 2.24) is 0 Å². The summed E-state index contributed by atoms with van der Waals surface area (Å²) < 4.78 is 0. The number of hydrogen-bond acceptors (Lipinski definition) is 3. The van der Waals surface area contributed by atoms with Crippen LogP contribution in [0.15, 0.2) is 23.3 Å². The molecule has 34 heavy (non-hydrogen) atoms. The third-order valence-corrected chi connectivity index (χ3v) is 12.4. The lowest BCUT2D eigenvalue weighted by atomic mass is 9.43.